The van der Waals surface area contributed by atoms with Gasteiger partial charge in [0.15, 0.2) is 0 Å². The van der Waals surface area contributed by atoms with Gasteiger partial charge in [0.25, 0.3) is 0 Å². The lowest BCUT2D eigenvalue weighted by atomic mass is 9.82. The molecule has 1 saturated heterocycles. The number of hydrogen-bond donors (Lipinski definition) is 0. The highest BCUT2D eigenvalue weighted by Crippen LogP contribution is 2.41. The van der Waals surface area contributed by atoms with Crippen LogP contribution < -0.4 is 0 Å². The molecule has 0 radical (unpaired) electrons. The fourth-order valence-electron chi connectivity index (χ4n) is 2.80. The van der Waals surface area contributed by atoms with Crippen molar-refractivity contribution in [1.29, 1.82) is 0 Å². The Kier molecular flexibility index (Phi) is 3.38. The van der Waals surface area contributed by atoms with E-state index in [0.29, 0.717) is 6.54 Å². The van der Waals surface area contributed by atoms with E-state index >= 15 is 0 Å². The van der Waals surface area contributed by atoms with Crippen molar-refractivity contribution < 1.29 is 4.79 Å². The average Bonchev–Trinajstić information content (AvgIpc) is 2.51. The molecule has 20 heavy (non-hydrogen) atoms. The van der Waals surface area contributed by atoms with E-state index < -0.39 is 0 Å². The lowest BCUT2D eigenvalue weighted by Gasteiger charge is -2.46. The van der Waals surface area contributed by atoms with Gasteiger partial charge in [-0.05, 0) is 11.1 Å². The van der Waals surface area contributed by atoms with E-state index in [1.807, 2.05) is 41.3 Å². The van der Waals surface area contributed by atoms with Crippen molar-refractivity contribution in [3.8, 4) is 0 Å². The van der Waals surface area contributed by atoms with E-state index in [1.165, 1.54) is 5.56 Å². The molecule has 2 aromatic carbocycles. The number of carbonyl (C=O) groups excluding carboxylic acids is 1. The minimum absolute atomic E-state index is 0.0962. The first-order valence-corrected chi connectivity index (χ1v) is 6.83. The van der Waals surface area contributed by atoms with E-state index in [1.54, 1.807) is 6.08 Å². The summed E-state index contributed by atoms with van der Waals surface area (Å²) in [5.74, 6) is 0.0684. The van der Waals surface area contributed by atoms with Crippen LogP contribution in [-0.4, -0.2) is 10.8 Å². The highest BCUT2D eigenvalue weighted by atomic mass is 16.2. The van der Waals surface area contributed by atoms with Gasteiger partial charge in [0.2, 0.25) is 5.91 Å². The summed E-state index contributed by atoms with van der Waals surface area (Å²) in [5, 5.41) is 0. The van der Waals surface area contributed by atoms with Gasteiger partial charge in [-0.1, -0.05) is 66.7 Å². The number of hydrogen-bond acceptors (Lipinski definition) is 1. The average molecular weight is 263 g/mol. The van der Waals surface area contributed by atoms with Crippen LogP contribution in [0.2, 0.25) is 0 Å². The quantitative estimate of drug-likeness (QED) is 0.610. The lowest BCUT2D eigenvalue weighted by molar-refractivity contribution is -0.154. The van der Waals surface area contributed by atoms with E-state index in [9.17, 15) is 4.79 Å². The van der Waals surface area contributed by atoms with Crippen molar-refractivity contribution in [2.24, 2.45) is 5.92 Å². The second kappa shape index (κ2) is 5.33. The number of nitrogens with zero attached hydrogens (tertiary/aromatic N) is 1. The third kappa shape index (κ3) is 2.14. The van der Waals surface area contributed by atoms with Crippen LogP contribution in [0, 0.1) is 5.92 Å². The summed E-state index contributed by atoms with van der Waals surface area (Å²) in [6.45, 7) is 4.46. The van der Waals surface area contributed by atoms with Gasteiger partial charge in [-0.25, -0.2) is 0 Å². The maximum Gasteiger partial charge on any atom is 0.232 e. The number of carbonyl (C=O) groups is 1. The first-order valence-electron chi connectivity index (χ1n) is 6.83. The van der Waals surface area contributed by atoms with Gasteiger partial charge in [-0.15, -0.1) is 6.58 Å². The molecule has 0 N–H and O–H groups in total. The summed E-state index contributed by atoms with van der Waals surface area (Å²) < 4.78 is 0. The Bertz CT molecular complexity index is 606. The van der Waals surface area contributed by atoms with Crippen LogP contribution in [0.5, 0.6) is 0 Å². The number of β-lactam (4-membered cyclic amide) rings is 1. The van der Waals surface area contributed by atoms with Crippen molar-refractivity contribution in [3.63, 3.8) is 0 Å². The molecule has 100 valence electrons. The van der Waals surface area contributed by atoms with Crippen molar-refractivity contribution in [3.05, 3.63) is 84.4 Å². The normalized spacial score (nSPS) is 21.4. The smallest absolute Gasteiger partial charge is 0.232 e. The predicted molar refractivity (Wildman–Crippen MR) is 79.9 cm³/mol. The monoisotopic (exact) mass is 263 g/mol. The zero-order valence-corrected chi connectivity index (χ0v) is 11.3. The molecule has 1 aliphatic heterocycles. The van der Waals surface area contributed by atoms with Gasteiger partial charge >= 0.3 is 0 Å². The highest BCUT2D eigenvalue weighted by Gasteiger charge is 2.45. The zero-order chi connectivity index (χ0) is 13.9. The van der Waals surface area contributed by atoms with Gasteiger partial charge in [0, 0.05) is 6.54 Å². The number of amides is 1. The Hall–Kier alpha value is -2.35. The summed E-state index contributed by atoms with van der Waals surface area (Å²) in [4.78, 5) is 14.2. The second-order valence-electron chi connectivity index (χ2n) is 5.07. The van der Waals surface area contributed by atoms with Crippen LogP contribution >= 0.6 is 0 Å². The molecule has 0 aliphatic carbocycles. The summed E-state index contributed by atoms with van der Waals surface area (Å²) in [7, 11) is 0. The Morgan fingerprint density at radius 1 is 1.00 bits per heavy atom. The van der Waals surface area contributed by atoms with Crippen LogP contribution in [-0.2, 0) is 11.3 Å². The molecule has 1 fully saturated rings. The Morgan fingerprint density at radius 2 is 1.60 bits per heavy atom. The zero-order valence-electron chi connectivity index (χ0n) is 11.3. The van der Waals surface area contributed by atoms with Crippen molar-refractivity contribution >= 4 is 5.91 Å². The molecule has 1 heterocycles. The van der Waals surface area contributed by atoms with Crippen LogP contribution in [0.3, 0.4) is 0 Å². The maximum absolute atomic E-state index is 12.2. The SMILES string of the molecule is C=CC1C(=O)N(Cc2ccccc2)C1c1ccccc1. The maximum atomic E-state index is 12.2. The van der Waals surface area contributed by atoms with Crippen LogP contribution in [0.15, 0.2) is 73.3 Å². The van der Waals surface area contributed by atoms with Gasteiger partial charge in [-0.3, -0.25) is 4.79 Å². The molecular weight excluding hydrogens is 246 g/mol. The number of rotatable bonds is 4. The van der Waals surface area contributed by atoms with Crippen LogP contribution in [0.1, 0.15) is 17.2 Å². The molecule has 0 aromatic heterocycles. The van der Waals surface area contributed by atoms with E-state index in [0.717, 1.165) is 5.56 Å². The molecule has 2 unspecified atom stereocenters. The first kappa shape index (κ1) is 12.7. The van der Waals surface area contributed by atoms with Gasteiger partial charge in [0.1, 0.15) is 0 Å². The van der Waals surface area contributed by atoms with Gasteiger partial charge in [-0.2, -0.15) is 0 Å². The predicted octanol–water partition coefficient (Wildman–Crippen LogP) is 3.57. The molecule has 0 spiro atoms. The van der Waals surface area contributed by atoms with E-state index in [4.69, 9.17) is 0 Å². The Balaban J connectivity index is 1.86. The fraction of sp³-hybridized carbons (Fsp3) is 0.167. The Labute approximate surface area is 119 Å². The molecule has 3 rings (SSSR count). The summed E-state index contributed by atoms with van der Waals surface area (Å²) in [6.07, 6.45) is 1.77. The summed E-state index contributed by atoms with van der Waals surface area (Å²) in [6, 6.07) is 20.4. The standard InChI is InChI=1S/C18H17NO/c1-2-16-17(15-11-7-4-8-12-15)19(18(16)20)13-14-9-5-3-6-10-14/h2-12,16-17H,1,13H2. The molecule has 2 heteroatoms. The molecule has 0 bridgehead atoms. The molecule has 2 nitrogen and oxygen atoms in total. The third-order valence-corrected chi connectivity index (χ3v) is 3.83. The number of benzene rings is 2. The van der Waals surface area contributed by atoms with Crippen molar-refractivity contribution in [2.45, 2.75) is 12.6 Å². The second-order valence-corrected chi connectivity index (χ2v) is 5.07. The fourth-order valence-corrected chi connectivity index (χ4v) is 2.80. The summed E-state index contributed by atoms with van der Waals surface area (Å²) >= 11 is 0. The highest BCUT2D eigenvalue weighted by molar-refractivity contribution is 5.88. The molecule has 1 amide bonds. The molecule has 0 saturated carbocycles. The van der Waals surface area contributed by atoms with E-state index in [-0.39, 0.29) is 17.9 Å². The topological polar surface area (TPSA) is 20.3 Å². The molecule has 2 atom stereocenters. The van der Waals surface area contributed by atoms with Gasteiger partial charge < -0.3 is 4.90 Å². The Morgan fingerprint density at radius 3 is 2.20 bits per heavy atom. The lowest BCUT2D eigenvalue weighted by Crippen LogP contribution is -2.53. The molecular formula is C18H17NO. The largest absolute Gasteiger partial charge is 0.330 e. The first-order chi connectivity index (χ1) is 9.81. The van der Waals surface area contributed by atoms with Crippen LogP contribution in [0.4, 0.5) is 0 Å². The molecule has 2 aromatic rings. The van der Waals surface area contributed by atoms with E-state index in [2.05, 4.69) is 30.8 Å². The summed E-state index contributed by atoms with van der Waals surface area (Å²) in [5.41, 5.74) is 2.33. The van der Waals surface area contributed by atoms with Gasteiger partial charge in [0.05, 0.1) is 12.0 Å². The minimum Gasteiger partial charge on any atom is -0.330 e. The van der Waals surface area contributed by atoms with Crippen molar-refractivity contribution in [2.75, 3.05) is 0 Å². The minimum atomic E-state index is -0.0962. The molecule has 1 aliphatic rings. The van der Waals surface area contributed by atoms with Crippen LogP contribution in [0.25, 0.3) is 0 Å². The third-order valence-electron chi connectivity index (χ3n) is 3.83. The number of likely N-dealkylation sites (tertiary alicyclic amines) is 1. The van der Waals surface area contributed by atoms with Crippen molar-refractivity contribution in [1.82, 2.24) is 4.90 Å².